The van der Waals surface area contributed by atoms with Crippen LogP contribution in [-0.4, -0.2) is 41.7 Å². The van der Waals surface area contributed by atoms with Gasteiger partial charge in [0.1, 0.15) is 0 Å². The first-order valence-corrected chi connectivity index (χ1v) is 9.17. The Kier molecular flexibility index (Phi) is 7.25. The van der Waals surface area contributed by atoms with E-state index in [0.717, 1.165) is 38.8 Å². The second kappa shape index (κ2) is 9.19. The van der Waals surface area contributed by atoms with Gasteiger partial charge in [-0.2, -0.15) is 0 Å². The lowest BCUT2D eigenvalue weighted by atomic mass is 9.85. The number of carboxylic acid groups (broad SMARTS) is 1. The van der Waals surface area contributed by atoms with Crippen LogP contribution < -0.4 is 5.32 Å². The van der Waals surface area contributed by atoms with E-state index in [1.807, 2.05) is 0 Å². The molecule has 1 aliphatic rings. The average Bonchev–Trinajstić information content (AvgIpc) is 2.55. The molecule has 2 rings (SSSR count). The van der Waals surface area contributed by atoms with E-state index in [0.29, 0.717) is 18.0 Å². The molecule has 0 aliphatic heterocycles. The van der Waals surface area contributed by atoms with Crippen molar-refractivity contribution in [2.45, 2.75) is 58.2 Å². The van der Waals surface area contributed by atoms with Crippen LogP contribution in [0.5, 0.6) is 0 Å². The summed E-state index contributed by atoms with van der Waals surface area (Å²) in [7, 11) is 2.17. The van der Waals surface area contributed by atoms with Gasteiger partial charge >= 0.3 is 5.97 Å². The van der Waals surface area contributed by atoms with Gasteiger partial charge in [-0.15, -0.1) is 0 Å². The molecule has 1 fully saturated rings. The molecule has 0 heterocycles. The molecule has 4 heteroatoms. The number of carboxylic acids is 1. The van der Waals surface area contributed by atoms with Gasteiger partial charge in [0.15, 0.2) is 0 Å². The number of nitrogens with one attached hydrogen (secondary N) is 1. The maximum atomic E-state index is 11.1. The van der Waals surface area contributed by atoms with Gasteiger partial charge in [-0.25, -0.2) is 0 Å². The van der Waals surface area contributed by atoms with Crippen LogP contribution >= 0.6 is 0 Å². The standard InChI is InChI=1S/C20H32N2O2/c1-15(2)19(14-22(3)13-16-7-5-4-6-8-16)21-18-11-9-17(10-12-18)20(23)24/h4-8,15,17-19,21H,9-14H2,1-3H3,(H,23,24). The van der Waals surface area contributed by atoms with E-state index in [2.05, 4.69) is 61.4 Å². The Morgan fingerprint density at radius 3 is 2.38 bits per heavy atom. The predicted molar refractivity (Wildman–Crippen MR) is 97.9 cm³/mol. The number of hydrogen-bond acceptors (Lipinski definition) is 3. The third-order valence-electron chi connectivity index (χ3n) is 5.13. The number of carbonyl (C=O) groups is 1. The zero-order valence-electron chi connectivity index (χ0n) is 15.2. The summed E-state index contributed by atoms with van der Waals surface area (Å²) >= 11 is 0. The lowest BCUT2D eigenvalue weighted by molar-refractivity contribution is -0.142. The van der Waals surface area contributed by atoms with Crippen LogP contribution in [0.1, 0.15) is 45.1 Å². The molecule has 24 heavy (non-hydrogen) atoms. The molecular weight excluding hydrogens is 300 g/mol. The second-order valence-electron chi connectivity index (χ2n) is 7.59. The average molecular weight is 332 g/mol. The van der Waals surface area contributed by atoms with Gasteiger partial charge in [0.2, 0.25) is 0 Å². The van der Waals surface area contributed by atoms with Crippen LogP contribution in [0, 0.1) is 11.8 Å². The highest BCUT2D eigenvalue weighted by Crippen LogP contribution is 2.25. The van der Waals surface area contributed by atoms with Gasteiger partial charge in [-0.3, -0.25) is 4.79 Å². The summed E-state index contributed by atoms with van der Waals surface area (Å²) in [5, 5.41) is 12.9. The first-order valence-electron chi connectivity index (χ1n) is 9.17. The summed E-state index contributed by atoms with van der Waals surface area (Å²) in [5.41, 5.74) is 1.34. The molecule has 1 aromatic carbocycles. The fourth-order valence-electron chi connectivity index (χ4n) is 3.56. The number of rotatable bonds is 8. The third-order valence-corrected chi connectivity index (χ3v) is 5.13. The molecular formula is C20H32N2O2. The van der Waals surface area contributed by atoms with Crippen molar-refractivity contribution in [2.75, 3.05) is 13.6 Å². The van der Waals surface area contributed by atoms with Crippen molar-refractivity contribution in [3.8, 4) is 0 Å². The third kappa shape index (κ3) is 5.91. The second-order valence-corrected chi connectivity index (χ2v) is 7.59. The summed E-state index contributed by atoms with van der Waals surface area (Å²) in [6.07, 6.45) is 3.56. The van der Waals surface area contributed by atoms with Crippen molar-refractivity contribution in [1.29, 1.82) is 0 Å². The highest BCUT2D eigenvalue weighted by molar-refractivity contribution is 5.70. The van der Waals surface area contributed by atoms with Gasteiger partial charge in [0.05, 0.1) is 5.92 Å². The van der Waals surface area contributed by atoms with Crippen molar-refractivity contribution in [3.05, 3.63) is 35.9 Å². The highest BCUT2D eigenvalue weighted by atomic mass is 16.4. The minimum atomic E-state index is -0.628. The topological polar surface area (TPSA) is 52.6 Å². The molecule has 134 valence electrons. The van der Waals surface area contributed by atoms with Crippen molar-refractivity contribution < 1.29 is 9.90 Å². The minimum Gasteiger partial charge on any atom is -0.481 e. The van der Waals surface area contributed by atoms with Gasteiger partial charge < -0.3 is 15.3 Å². The molecule has 0 bridgehead atoms. The summed E-state index contributed by atoms with van der Waals surface area (Å²) in [4.78, 5) is 13.5. The van der Waals surface area contributed by atoms with E-state index in [-0.39, 0.29) is 5.92 Å². The molecule has 0 saturated heterocycles. The maximum absolute atomic E-state index is 11.1. The summed E-state index contributed by atoms with van der Waals surface area (Å²) in [6, 6.07) is 11.5. The Labute approximate surface area is 146 Å². The monoisotopic (exact) mass is 332 g/mol. The number of hydrogen-bond donors (Lipinski definition) is 2. The number of nitrogens with zero attached hydrogens (tertiary/aromatic N) is 1. The van der Waals surface area contributed by atoms with Crippen molar-refractivity contribution in [3.63, 3.8) is 0 Å². The summed E-state index contributed by atoms with van der Waals surface area (Å²) in [6.45, 7) is 6.48. The van der Waals surface area contributed by atoms with E-state index in [4.69, 9.17) is 5.11 Å². The van der Waals surface area contributed by atoms with Crippen molar-refractivity contribution >= 4 is 5.97 Å². The lowest BCUT2D eigenvalue weighted by Gasteiger charge is -2.34. The quantitative estimate of drug-likeness (QED) is 0.766. The Hall–Kier alpha value is -1.39. The first kappa shape index (κ1) is 18.9. The van der Waals surface area contributed by atoms with Crippen LogP contribution in [0.15, 0.2) is 30.3 Å². The Morgan fingerprint density at radius 1 is 1.21 bits per heavy atom. The largest absolute Gasteiger partial charge is 0.481 e. The van der Waals surface area contributed by atoms with Crippen LogP contribution in [0.2, 0.25) is 0 Å². The Bertz CT molecular complexity index is 496. The van der Waals surface area contributed by atoms with Gasteiger partial charge in [0.25, 0.3) is 0 Å². The van der Waals surface area contributed by atoms with E-state index in [1.54, 1.807) is 0 Å². The fraction of sp³-hybridized carbons (Fsp3) is 0.650. The highest BCUT2D eigenvalue weighted by Gasteiger charge is 2.28. The van der Waals surface area contributed by atoms with Gasteiger partial charge in [-0.1, -0.05) is 44.2 Å². The summed E-state index contributed by atoms with van der Waals surface area (Å²) in [5.74, 6) is -0.210. The SMILES string of the molecule is CC(C)C(CN(C)Cc1ccccc1)NC1CCC(C(=O)O)CC1. The van der Waals surface area contributed by atoms with Crippen LogP contribution in [0.4, 0.5) is 0 Å². The lowest BCUT2D eigenvalue weighted by Crippen LogP contribution is -2.48. The molecule has 1 aromatic rings. The van der Waals surface area contributed by atoms with Crippen molar-refractivity contribution in [2.24, 2.45) is 11.8 Å². The molecule has 4 nitrogen and oxygen atoms in total. The Balaban J connectivity index is 1.82. The van der Waals surface area contributed by atoms with E-state index >= 15 is 0 Å². The zero-order chi connectivity index (χ0) is 17.5. The smallest absolute Gasteiger partial charge is 0.306 e. The molecule has 1 atom stereocenters. The molecule has 0 radical (unpaired) electrons. The normalized spacial score (nSPS) is 22.7. The van der Waals surface area contributed by atoms with Gasteiger partial charge in [-0.05, 0) is 44.2 Å². The van der Waals surface area contributed by atoms with Crippen LogP contribution in [0.25, 0.3) is 0 Å². The zero-order valence-corrected chi connectivity index (χ0v) is 15.2. The number of benzene rings is 1. The van der Waals surface area contributed by atoms with E-state index in [1.165, 1.54) is 5.56 Å². The molecule has 1 aliphatic carbocycles. The van der Waals surface area contributed by atoms with Crippen molar-refractivity contribution in [1.82, 2.24) is 10.2 Å². The molecule has 0 amide bonds. The van der Waals surface area contributed by atoms with Gasteiger partial charge in [0, 0.05) is 25.2 Å². The van der Waals surface area contributed by atoms with E-state index in [9.17, 15) is 4.79 Å². The molecule has 0 aromatic heterocycles. The first-order chi connectivity index (χ1) is 11.5. The summed E-state index contributed by atoms with van der Waals surface area (Å²) < 4.78 is 0. The maximum Gasteiger partial charge on any atom is 0.306 e. The Morgan fingerprint density at radius 2 is 1.83 bits per heavy atom. The fourth-order valence-corrected chi connectivity index (χ4v) is 3.56. The molecule has 1 unspecified atom stereocenters. The number of likely N-dealkylation sites (N-methyl/N-ethyl adjacent to an activating group) is 1. The van der Waals surface area contributed by atoms with E-state index < -0.39 is 5.97 Å². The minimum absolute atomic E-state index is 0.138. The number of aliphatic carboxylic acids is 1. The molecule has 0 spiro atoms. The van der Waals surface area contributed by atoms with Crippen LogP contribution in [-0.2, 0) is 11.3 Å². The van der Waals surface area contributed by atoms with Crippen LogP contribution in [0.3, 0.4) is 0 Å². The molecule has 2 N–H and O–H groups in total. The predicted octanol–water partition coefficient (Wildman–Crippen LogP) is 3.38. The molecule has 1 saturated carbocycles.